The number of carbonyl (C=O) groups is 1. The lowest BCUT2D eigenvalue weighted by atomic mass is 10.4. The molecule has 0 saturated heterocycles. The molecule has 0 bridgehead atoms. The second-order valence-corrected chi connectivity index (χ2v) is 4.25. The molecule has 90 valence electrons. The smallest absolute Gasteiger partial charge is 0.234 e. The Morgan fingerprint density at radius 3 is 3.06 bits per heavy atom. The number of nitrogens with one attached hydrogen (secondary N) is 2. The van der Waals surface area contributed by atoms with Crippen LogP contribution in [0.15, 0.2) is 11.4 Å². The van der Waals surface area contributed by atoms with Gasteiger partial charge >= 0.3 is 0 Å². The fourth-order valence-electron chi connectivity index (χ4n) is 1.14. The van der Waals surface area contributed by atoms with Crippen LogP contribution in [-0.2, 0) is 16.1 Å². The maximum Gasteiger partial charge on any atom is 0.234 e. The number of hydrogen-bond acceptors (Lipinski definition) is 5. The molecule has 0 saturated carbocycles. The summed E-state index contributed by atoms with van der Waals surface area (Å²) < 4.78 is 4.82. The molecular weight excluding hydrogens is 226 g/mol. The Morgan fingerprint density at radius 1 is 1.62 bits per heavy atom. The van der Waals surface area contributed by atoms with E-state index in [0.29, 0.717) is 26.2 Å². The second kappa shape index (κ2) is 7.21. The minimum absolute atomic E-state index is 0.0350. The standard InChI is InChI=1S/C10H17N3O2S/c1-15-4-3-13-10(14)7-12-6-9-8(11)2-5-16-9/h2,5,12H,3-4,6-7,11H2,1H3,(H,13,14). The van der Waals surface area contributed by atoms with Crippen LogP contribution in [0.25, 0.3) is 0 Å². The van der Waals surface area contributed by atoms with Crippen LogP contribution in [0.1, 0.15) is 4.88 Å². The van der Waals surface area contributed by atoms with E-state index < -0.39 is 0 Å². The fourth-order valence-corrected chi connectivity index (χ4v) is 1.91. The third-order valence-electron chi connectivity index (χ3n) is 1.98. The summed E-state index contributed by atoms with van der Waals surface area (Å²) in [4.78, 5) is 12.3. The van der Waals surface area contributed by atoms with Crippen molar-refractivity contribution in [1.29, 1.82) is 0 Å². The monoisotopic (exact) mass is 243 g/mol. The van der Waals surface area contributed by atoms with E-state index in [1.807, 2.05) is 11.4 Å². The molecule has 0 spiro atoms. The summed E-state index contributed by atoms with van der Waals surface area (Å²) in [6, 6.07) is 1.86. The van der Waals surface area contributed by atoms with Crippen molar-refractivity contribution in [3.63, 3.8) is 0 Å². The van der Waals surface area contributed by atoms with E-state index in [1.54, 1.807) is 18.4 Å². The van der Waals surface area contributed by atoms with Gasteiger partial charge in [0.2, 0.25) is 5.91 Å². The van der Waals surface area contributed by atoms with E-state index >= 15 is 0 Å². The maximum absolute atomic E-state index is 11.3. The van der Waals surface area contributed by atoms with Crippen molar-refractivity contribution >= 4 is 22.9 Å². The van der Waals surface area contributed by atoms with Crippen LogP contribution in [0.4, 0.5) is 5.69 Å². The molecular formula is C10H17N3O2S. The first-order chi connectivity index (χ1) is 7.74. The van der Waals surface area contributed by atoms with Crippen LogP contribution in [0.5, 0.6) is 0 Å². The second-order valence-electron chi connectivity index (χ2n) is 3.25. The number of ether oxygens (including phenoxy) is 1. The molecule has 4 N–H and O–H groups in total. The quantitative estimate of drug-likeness (QED) is 0.597. The molecule has 1 rings (SSSR count). The topological polar surface area (TPSA) is 76.4 Å². The van der Waals surface area contributed by atoms with E-state index in [1.165, 1.54) is 0 Å². The highest BCUT2D eigenvalue weighted by Crippen LogP contribution is 2.17. The number of hydrogen-bond donors (Lipinski definition) is 3. The van der Waals surface area contributed by atoms with E-state index in [-0.39, 0.29) is 5.91 Å². The molecule has 0 fully saturated rings. The highest BCUT2D eigenvalue weighted by atomic mass is 32.1. The molecule has 1 aromatic rings. The molecule has 0 aliphatic carbocycles. The van der Waals surface area contributed by atoms with Crippen LogP contribution >= 0.6 is 11.3 Å². The van der Waals surface area contributed by atoms with E-state index in [9.17, 15) is 4.79 Å². The zero-order valence-corrected chi connectivity index (χ0v) is 10.1. The van der Waals surface area contributed by atoms with Crippen LogP contribution in [0.2, 0.25) is 0 Å². The van der Waals surface area contributed by atoms with Gasteiger partial charge in [-0.2, -0.15) is 0 Å². The van der Waals surface area contributed by atoms with E-state index in [4.69, 9.17) is 10.5 Å². The van der Waals surface area contributed by atoms with Gasteiger partial charge in [0, 0.05) is 30.8 Å². The maximum atomic E-state index is 11.3. The Hall–Kier alpha value is -1.11. The molecule has 16 heavy (non-hydrogen) atoms. The van der Waals surface area contributed by atoms with Crippen molar-refractivity contribution < 1.29 is 9.53 Å². The van der Waals surface area contributed by atoms with E-state index in [0.717, 1.165) is 10.6 Å². The predicted octanol–water partition coefficient (Wildman–Crippen LogP) is 0.183. The minimum Gasteiger partial charge on any atom is -0.398 e. The molecule has 6 heteroatoms. The number of nitrogens with two attached hydrogens (primary N) is 1. The highest BCUT2D eigenvalue weighted by Gasteiger charge is 2.02. The first kappa shape index (κ1) is 13.0. The largest absolute Gasteiger partial charge is 0.398 e. The number of anilines is 1. The number of carbonyl (C=O) groups excluding carboxylic acids is 1. The van der Waals surface area contributed by atoms with Gasteiger partial charge in [-0.05, 0) is 11.4 Å². The van der Waals surface area contributed by atoms with Gasteiger partial charge in [-0.15, -0.1) is 11.3 Å². The molecule has 0 aliphatic rings. The summed E-state index contributed by atoms with van der Waals surface area (Å²) in [7, 11) is 1.60. The van der Waals surface area contributed by atoms with Gasteiger partial charge in [0.1, 0.15) is 0 Å². The summed E-state index contributed by atoms with van der Waals surface area (Å²) in [5.74, 6) is -0.0350. The van der Waals surface area contributed by atoms with Crippen LogP contribution < -0.4 is 16.4 Å². The van der Waals surface area contributed by atoms with Gasteiger partial charge in [-0.3, -0.25) is 4.79 Å². The van der Waals surface area contributed by atoms with Crippen LogP contribution in [0, 0.1) is 0 Å². The zero-order chi connectivity index (χ0) is 11.8. The number of thiophene rings is 1. The van der Waals surface area contributed by atoms with Crippen LogP contribution in [0.3, 0.4) is 0 Å². The van der Waals surface area contributed by atoms with Crippen molar-refractivity contribution in [3.8, 4) is 0 Å². The molecule has 0 aromatic carbocycles. The minimum atomic E-state index is -0.0350. The first-order valence-corrected chi connectivity index (χ1v) is 5.90. The average Bonchev–Trinajstić information content (AvgIpc) is 2.65. The Bertz CT molecular complexity index is 328. The number of nitrogen functional groups attached to an aromatic ring is 1. The Balaban J connectivity index is 2.11. The number of methoxy groups -OCH3 is 1. The predicted molar refractivity (Wildman–Crippen MR) is 65.3 cm³/mol. The third-order valence-corrected chi connectivity index (χ3v) is 2.92. The molecule has 0 unspecified atom stereocenters. The molecule has 1 aromatic heterocycles. The van der Waals surface area contributed by atoms with Gasteiger partial charge in [-0.25, -0.2) is 0 Å². The van der Waals surface area contributed by atoms with Crippen molar-refractivity contribution in [2.75, 3.05) is 32.5 Å². The SMILES string of the molecule is COCCNC(=O)CNCc1sccc1N. The third kappa shape index (κ3) is 4.61. The number of amides is 1. The summed E-state index contributed by atoms with van der Waals surface area (Å²) in [6.07, 6.45) is 0. The first-order valence-electron chi connectivity index (χ1n) is 5.02. The number of rotatable bonds is 7. The van der Waals surface area contributed by atoms with Crippen LogP contribution in [-0.4, -0.2) is 32.7 Å². The Labute approximate surface area is 99.0 Å². The summed E-state index contributed by atoms with van der Waals surface area (Å²) in [6.45, 7) is 1.99. The van der Waals surface area contributed by atoms with Crippen molar-refractivity contribution in [3.05, 3.63) is 16.3 Å². The van der Waals surface area contributed by atoms with Crippen molar-refractivity contribution in [2.45, 2.75) is 6.54 Å². The normalized spacial score (nSPS) is 10.3. The van der Waals surface area contributed by atoms with E-state index in [2.05, 4.69) is 10.6 Å². The summed E-state index contributed by atoms with van der Waals surface area (Å²) in [5, 5.41) is 7.69. The van der Waals surface area contributed by atoms with Crippen molar-refractivity contribution in [2.24, 2.45) is 0 Å². The molecule has 1 amide bonds. The van der Waals surface area contributed by atoms with Gasteiger partial charge in [0.05, 0.1) is 13.2 Å². The molecule has 0 atom stereocenters. The summed E-state index contributed by atoms with van der Waals surface area (Å²) in [5.41, 5.74) is 6.48. The lowest BCUT2D eigenvalue weighted by molar-refractivity contribution is -0.120. The van der Waals surface area contributed by atoms with Gasteiger partial charge in [0.15, 0.2) is 0 Å². The van der Waals surface area contributed by atoms with Gasteiger partial charge in [-0.1, -0.05) is 0 Å². The summed E-state index contributed by atoms with van der Waals surface area (Å²) >= 11 is 1.58. The fraction of sp³-hybridized carbons (Fsp3) is 0.500. The average molecular weight is 243 g/mol. The zero-order valence-electron chi connectivity index (χ0n) is 9.29. The molecule has 5 nitrogen and oxygen atoms in total. The molecule has 0 radical (unpaired) electrons. The van der Waals surface area contributed by atoms with Gasteiger partial charge < -0.3 is 21.1 Å². The lowest BCUT2D eigenvalue weighted by Gasteiger charge is -2.05. The highest BCUT2D eigenvalue weighted by molar-refractivity contribution is 7.10. The Kier molecular flexibility index (Phi) is 5.84. The lowest BCUT2D eigenvalue weighted by Crippen LogP contribution is -2.35. The molecule has 0 aliphatic heterocycles. The molecule has 1 heterocycles. The Morgan fingerprint density at radius 2 is 2.44 bits per heavy atom. The van der Waals surface area contributed by atoms with Gasteiger partial charge in [0.25, 0.3) is 0 Å². The van der Waals surface area contributed by atoms with Crippen molar-refractivity contribution in [1.82, 2.24) is 10.6 Å².